The van der Waals surface area contributed by atoms with Gasteiger partial charge in [0.25, 0.3) is 5.97 Å². The van der Waals surface area contributed by atoms with Gasteiger partial charge in [-0.1, -0.05) is 13.8 Å². The molecule has 0 bridgehead atoms. The number of aliphatic hydroxyl groups excluding tert-OH is 1. The van der Waals surface area contributed by atoms with Gasteiger partial charge in [-0.25, -0.2) is 0 Å². The van der Waals surface area contributed by atoms with Crippen LogP contribution in [-0.2, 0) is 9.53 Å². The molecule has 0 saturated carbocycles. The number of aliphatic carboxylic acids is 1. The average molecular weight is 178 g/mol. The number of carboxylic acid groups (broad SMARTS) is 1. The van der Waals surface area contributed by atoms with Crippen molar-refractivity contribution in [2.45, 2.75) is 20.8 Å². The Morgan fingerprint density at radius 3 is 2.17 bits per heavy atom. The highest BCUT2D eigenvalue weighted by atomic mass is 16.5. The highest BCUT2D eigenvalue weighted by Crippen LogP contribution is 1.90. The Bertz CT molecular complexity index is 97.2. The molecule has 0 aliphatic rings. The summed E-state index contributed by atoms with van der Waals surface area (Å²) < 4.78 is 4.99. The van der Waals surface area contributed by atoms with Crippen molar-refractivity contribution in [1.29, 1.82) is 0 Å². The summed E-state index contributed by atoms with van der Waals surface area (Å²) >= 11 is 0. The van der Waals surface area contributed by atoms with Gasteiger partial charge in [0, 0.05) is 13.5 Å². The van der Waals surface area contributed by atoms with Crippen LogP contribution in [0.3, 0.4) is 0 Å². The number of carboxylic acids is 1. The lowest BCUT2D eigenvalue weighted by atomic mass is 10.2. The molecule has 0 radical (unpaired) electrons. The summed E-state index contributed by atoms with van der Waals surface area (Å²) in [5, 5.41) is 15.7. The Hall–Kier alpha value is -0.610. The minimum Gasteiger partial charge on any atom is -0.481 e. The molecule has 0 amide bonds. The summed E-state index contributed by atoms with van der Waals surface area (Å²) in [6, 6.07) is 0. The quantitative estimate of drug-likeness (QED) is 0.623. The molecule has 0 spiro atoms. The lowest BCUT2D eigenvalue weighted by Crippen LogP contribution is -2.05. The highest BCUT2D eigenvalue weighted by molar-refractivity contribution is 5.62. The molecule has 4 heteroatoms. The number of rotatable bonds is 4. The molecule has 0 aromatic heterocycles. The van der Waals surface area contributed by atoms with Gasteiger partial charge >= 0.3 is 0 Å². The molecule has 0 unspecified atom stereocenters. The van der Waals surface area contributed by atoms with E-state index in [1.165, 1.54) is 0 Å². The lowest BCUT2D eigenvalue weighted by Gasteiger charge is -2.03. The van der Waals surface area contributed by atoms with Gasteiger partial charge in [-0.05, 0) is 5.92 Å². The van der Waals surface area contributed by atoms with E-state index in [9.17, 15) is 0 Å². The van der Waals surface area contributed by atoms with Crippen LogP contribution < -0.4 is 0 Å². The van der Waals surface area contributed by atoms with Crippen LogP contribution in [0.25, 0.3) is 0 Å². The van der Waals surface area contributed by atoms with Gasteiger partial charge in [0.05, 0.1) is 13.2 Å². The van der Waals surface area contributed by atoms with Crippen molar-refractivity contribution in [3.05, 3.63) is 0 Å². The van der Waals surface area contributed by atoms with E-state index in [1.807, 2.05) is 0 Å². The van der Waals surface area contributed by atoms with Crippen molar-refractivity contribution in [2.24, 2.45) is 5.92 Å². The van der Waals surface area contributed by atoms with Crippen molar-refractivity contribution >= 4 is 5.97 Å². The zero-order valence-corrected chi connectivity index (χ0v) is 7.91. The van der Waals surface area contributed by atoms with Crippen LogP contribution in [0.4, 0.5) is 0 Å². The Kier molecular flexibility index (Phi) is 12.1. The van der Waals surface area contributed by atoms with Gasteiger partial charge in [0.15, 0.2) is 0 Å². The zero-order chi connectivity index (χ0) is 9.98. The summed E-state index contributed by atoms with van der Waals surface area (Å²) in [7, 11) is 0. The molecule has 0 saturated heterocycles. The molecule has 0 aromatic carbocycles. The second-order valence-electron chi connectivity index (χ2n) is 2.71. The first-order chi connectivity index (χ1) is 5.50. The molecule has 0 rings (SSSR count). The fraction of sp³-hybridized carbons (Fsp3) is 0.875. The largest absolute Gasteiger partial charge is 0.481 e. The molecule has 12 heavy (non-hydrogen) atoms. The molecule has 0 atom stereocenters. The molecule has 0 aromatic rings. The predicted molar refractivity (Wildman–Crippen MR) is 46.1 cm³/mol. The van der Waals surface area contributed by atoms with Gasteiger partial charge in [0.1, 0.15) is 0 Å². The molecule has 0 aliphatic carbocycles. The number of hydrogen-bond donors (Lipinski definition) is 2. The number of ether oxygens (including phenoxy) is 1. The summed E-state index contributed by atoms with van der Waals surface area (Å²) in [4.78, 5) is 9.00. The van der Waals surface area contributed by atoms with Crippen LogP contribution in [0.15, 0.2) is 0 Å². The minimum absolute atomic E-state index is 0.132. The van der Waals surface area contributed by atoms with E-state index >= 15 is 0 Å². The summed E-state index contributed by atoms with van der Waals surface area (Å²) in [6.07, 6.45) is 0. The van der Waals surface area contributed by atoms with Crippen molar-refractivity contribution < 1.29 is 19.7 Å². The molecular formula is C8H18O4. The van der Waals surface area contributed by atoms with Gasteiger partial charge < -0.3 is 14.9 Å². The molecule has 2 N–H and O–H groups in total. The lowest BCUT2D eigenvalue weighted by molar-refractivity contribution is -0.134. The molecule has 0 fully saturated rings. The topological polar surface area (TPSA) is 66.8 Å². The van der Waals surface area contributed by atoms with E-state index in [4.69, 9.17) is 19.7 Å². The van der Waals surface area contributed by atoms with E-state index in [0.29, 0.717) is 12.5 Å². The number of aliphatic hydroxyl groups is 1. The van der Waals surface area contributed by atoms with Crippen LogP contribution in [-0.4, -0.2) is 36.0 Å². The van der Waals surface area contributed by atoms with Crippen molar-refractivity contribution in [3.8, 4) is 0 Å². The first-order valence-electron chi connectivity index (χ1n) is 3.88. The first kappa shape index (κ1) is 13.9. The Balaban J connectivity index is 0. The van der Waals surface area contributed by atoms with Gasteiger partial charge in [-0.15, -0.1) is 0 Å². The summed E-state index contributed by atoms with van der Waals surface area (Å²) in [5.41, 5.74) is 0. The third-order valence-corrected chi connectivity index (χ3v) is 0.687. The summed E-state index contributed by atoms with van der Waals surface area (Å²) in [6.45, 7) is 6.60. The fourth-order valence-corrected chi connectivity index (χ4v) is 0.384. The smallest absolute Gasteiger partial charge is 0.300 e. The van der Waals surface area contributed by atoms with Crippen LogP contribution in [0.5, 0.6) is 0 Å². The Morgan fingerprint density at radius 2 is 1.92 bits per heavy atom. The maximum Gasteiger partial charge on any atom is 0.300 e. The maximum atomic E-state index is 9.00. The van der Waals surface area contributed by atoms with Crippen molar-refractivity contribution in [2.75, 3.05) is 19.8 Å². The number of hydrogen-bond acceptors (Lipinski definition) is 3. The van der Waals surface area contributed by atoms with E-state index in [2.05, 4.69) is 13.8 Å². The molecule has 0 heterocycles. The molecule has 74 valence electrons. The normalized spacial score (nSPS) is 9.08. The van der Waals surface area contributed by atoms with Gasteiger partial charge in [-0.3, -0.25) is 4.79 Å². The Morgan fingerprint density at radius 1 is 1.50 bits per heavy atom. The minimum atomic E-state index is -0.833. The predicted octanol–water partition coefficient (Wildman–Crippen LogP) is 0.742. The van der Waals surface area contributed by atoms with E-state index in [0.717, 1.165) is 13.5 Å². The standard InChI is InChI=1S/C6H14O2.C2H4O2/c1-6(2)5-8-4-3-7;1-2(3)4/h6-7H,3-5H2,1-2H3;1H3,(H,3,4). The van der Waals surface area contributed by atoms with Crippen molar-refractivity contribution in [3.63, 3.8) is 0 Å². The van der Waals surface area contributed by atoms with Crippen LogP contribution in [0.1, 0.15) is 20.8 Å². The first-order valence-corrected chi connectivity index (χ1v) is 3.88. The van der Waals surface area contributed by atoms with E-state index in [-0.39, 0.29) is 6.61 Å². The fourth-order valence-electron chi connectivity index (χ4n) is 0.384. The van der Waals surface area contributed by atoms with E-state index in [1.54, 1.807) is 0 Å². The molecule has 0 aliphatic heterocycles. The Labute approximate surface area is 73.2 Å². The van der Waals surface area contributed by atoms with E-state index < -0.39 is 5.97 Å². The summed E-state index contributed by atoms with van der Waals surface area (Å²) in [5.74, 6) is -0.262. The second kappa shape index (κ2) is 10.4. The zero-order valence-electron chi connectivity index (χ0n) is 7.91. The third kappa shape index (κ3) is 34.3. The average Bonchev–Trinajstić information content (AvgIpc) is 1.86. The second-order valence-corrected chi connectivity index (χ2v) is 2.71. The SMILES string of the molecule is CC(=O)O.CC(C)COCCO. The highest BCUT2D eigenvalue weighted by Gasteiger charge is 1.90. The van der Waals surface area contributed by atoms with Crippen LogP contribution in [0.2, 0.25) is 0 Å². The van der Waals surface area contributed by atoms with Crippen LogP contribution >= 0.6 is 0 Å². The monoisotopic (exact) mass is 178 g/mol. The maximum absolute atomic E-state index is 9.00. The molecular weight excluding hydrogens is 160 g/mol. The van der Waals surface area contributed by atoms with Gasteiger partial charge in [0.2, 0.25) is 0 Å². The van der Waals surface area contributed by atoms with Crippen LogP contribution in [0, 0.1) is 5.92 Å². The number of carbonyl (C=O) groups is 1. The van der Waals surface area contributed by atoms with Crippen molar-refractivity contribution in [1.82, 2.24) is 0 Å². The molecule has 4 nitrogen and oxygen atoms in total. The van der Waals surface area contributed by atoms with Gasteiger partial charge in [-0.2, -0.15) is 0 Å². The third-order valence-electron chi connectivity index (χ3n) is 0.687.